The highest BCUT2D eigenvalue weighted by Gasteiger charge is 2.15. The van der Waals surface area contributed by atoms with Crippen LogP contribution in [0.3, 0.4) is 0 Å². The fraction of sp³-hybridized carbons (Fsp3) is 0.333. The number of ether oxygens (including phenoxy) is 1. The lowest BCUT2D eigenvalue weighted by atomic mass is 10.1. The molecule has 3 rings (SSSR count). The number of aromatic nitrogens is 2. The van der Waals surface area contributed by atoms with Gasteiger partial charge in [-0.2, -0.15) is 5.10 Å². The molecule has 1 aromatic carbocycles. The number of nitrogens with one attached hydrogen (secondary N) is 1. The van der Waals surface area contributed by atoms with Crippen molar-refractivity contribution in [3.05, 3.63) is 41.7 Å². The first kappa shape index (κ1) is 16.9. The summed E-state index contributed by atoms with van der Waals surface area (Å²) < 4.78 is 5.43. The Labute approximate surface area is 146 Å². The van der Waals surface area contributed by atoms with E-state index in [-0.39, 0.29) is 12.5 Å². The van der Waals surface area contributed by atoms with Gasteiger partial charge in [-0.05, 0) is 32.0 Å². The second-order valence-electron chi connectivity index (χ2n) is 5.89. The summed E-state index contributed by atoms with van der Waals surface area (Å²) in [6.07, 6.45) is 1.71. The Balaban J connectivity index is 1.91. The van der Waals surface area contributed by atoms with E-state index in [4.69, 9.17) is 4.74 Å². The van der Waals surface area contributed by atoms with Crippen molar-refractivity contribution in [2.45, 2.75) is 13.8 Å². The summed E-state index contributed by atoms with van der Waals surface area (Å²) in [5.74, 6) is 1.30. The van der Waals surface area contributed by atoms with E-state index in [1.54, 1.807) is 18.3 Å². The van der Waals surface area contributed by atoms with Gasteiger partial charge in [-0.25, -0.2) is 9.97 Å². The molecule has 0 radical (unpaired) electrons. The van der Waals surface area contributed by atoms with Gasteiger partial charge in [0.15, 0.2) is 5.82 Å². The summed E-state index contributed by atoms with van der Waals surface area (Å²) in [6.45, 7) is 5.45. The Morgan fingerprint density at radius 1 is 1.36 bits per heavy atom. The first-order chi connectivity index (χ1) is 12.1. The van der Waals surface area contributed by atoms with Crippen molar-refractivity contribution in [1.82, 2.24) is 20.3 Å². The number of nitrogens with zero attached hydrogens (tertiary/aromatic N) is 4. The third-order valence-corrected chi connectivity index (χ3v) is 3.93. The van der Waals surface area contributed by atoms with Crippen molar-refractivity contribution in [3.63, 3.8) is 0 Å². The molecular formula is C18H21N5O2. The zero-order valence-corrected chi connectivity index (χ0v) is 14.6. The predicted octanol–water partition coefficient (Wildman–Crippen LogP) is 1.62. The highest BCUT2D eigenvalue weighted by molar-refractivity contribution is 5.97. The van der Waals surface area contributed by atoms with Crippen LogP contribution in [0.5, 0.6) is 5.75 Å². The molecule has 0 spiro atoms. The maximum absolute atomic E-state index is 11.5. The Bertz CT molecular complexity index is 819. The molecule has 7 nitrogen and oxygen atoms in total. The number of benzene rings is 1. The largest absolute Gasteiger partial charge is 0.496 e. The summed E-state index contributed by atoms with van der Waals surface area (Å²) >= 11 is 0. The molecule has 7 heteroatoms. The van der Waals surface area contributed by atoms with Crippen LogP contribution in [-0.4, -0.2) is 53.3 Å². The van der Waals surface area contributed by atoms with Crippen molar-refractivity contribution < 1.29 is 9.53 Å². The van der Waals surface area contributed by atoms with Gasteiger partial charge in [0.1, 0.15) is 12.3 Å². The molecule has 1 aliphatic heterocycles. The third kappa shape index (κ3) is 3.93. The van der Waals surface area contributed by atoms with Gasteiger partial charge in [0.05, 0.1) is 30.6 Å². The Morgan fingerprint density at radius 3 is 2.96 bits per heavy atom. The van der Waals surface area contributed by atoms with Gasteiger partial charge < -0.3 is 10.1 Å². The van der Waals surface area contributed by atoms with Gasteiger partial charge in [0.25, 0.3) is 0 Å². The van der Waals surface area contributed by atoms with Gasteiger partial charge in [-0.3, -0.25) is 9.80 Å². The lowest BCUT2D eigenvalue weighted by molar-refractivity contribution is -0.124. The van der Waals surface area contributed by atoms with Gasteiger partial charge in [0.2, 0.25) is 5.91 Å². The first-order valence-electron chi connectivity index (χ1n) is 8.12. The van der Waals surface area contributed by atoms with E-state index in [1.165, 1.54) is 0 Å². The van der Waals surface area contributed by atoms with E-state index in [9.17, 15) is 4.79 Å². The van der Waals surface area contributed by atoms with Crippen LogP contribution in [0.15, 0.2) is 35.6 Å². The quantitative estimate of drug-likeness (QED) is 0.856. The van der Waals surface area contributed by atoms with E-state index in [0.29, 0.717) is 18.9 Å². The number of carbonyl (C=O) groups is 1. The van der Waals surface area contributed by atoms with E-state index >= 15 is 0 Å². The lowest BCUT2D eigenvalue weighted by Gasteiger charge is -2.24. The molecule has 0 saturated carbocycles. The van der Waals surface area contributed by atoms with Crippen LogP contribution < -0.4 is 10.1 Å². The molecule has 1 amide bonds. The van der Waals surface area contributed by atoms with Crippen LogP contribution in [0.1, 0.15) is 18.2 Å². The number of rotatable bonds is 4. The predicted molar refractivity (Wildman–Crippen MR) is 95.6 cm³/mol. The van der Waals surface area contributed by atoms with E-state index < -0.39 is 0 Å². The number of carbonyl (C=O) groups excluding carboxylic acids is 1. The van der Waals surface area contributed by atoms with Gasteiger partial charge in [-0.15, -0.1) is 0 Å². The molecule has 1 N–H and O–H groups in total. The number of hydrogen-bond acceptors (Lipinski definition) is 6. The molecule has 1 aromatic heterocycles. The molecule has 0 bridgehead atoms. The van der Waals surface area contributed by atoms with Gasteiger partial charge in [-0.1, -0.05) is 11.6 Å². The number of hydrogen-bond donors (Lipinski definition) is 1. The van der Waals surface area contributed by atoms with Gasteiger partial charge in [0, 0.05) is 12.7 Å². The lowest BCUT2D eigenvalue weighted by Crippen LogP contribution is -2.45. The Morgan fingerprint density at radius 2 is 2.20 bits per heavy atom. The molecule has 130 valence electrons. The molecule has 0 aliphatic carbocycles. The number of hydrazone groups is 1. The van der Waals surface area contributed by atoms with Crippen LogP contribution >= 0.6 is 0 Å². The average molecular weight is 339 g/mol. The van der Waals surface area contributed by atoms with E-state index in [0.717, 1.165) is 28.3 Å². The van der Waals surface area contributed by atoms with Gasteiger partial charge >= 0.3 is 0 Å². The number of methoxy groups -OCH3 is 1. The summed E-state index contributed by atoms with van der Waals surface area (Å²) in [5.41, 5.74) is 3.41. The SMILES string of the molecule is COc1ccc(C)cc1-c1nccc(/C(C)=N/N2CCNC(=O)C2)n1. The van der Waals surface area contributed by atoms with Crippen molar-refractivity contribution in [3.8, 4) is 17.1 Å². The van der Waals surface area contributed by atoms with Crippen LogP contribution in [-0.2, 0) is 4.79 Å². The highest BCUT2D eigenvalue weighted by Crippen LogP contribution is 2.28. The first-order valence-corrected chi connectivity index (χ1v) is 8.12. The molecule has 1 aliphatic rings. The minimum atomic E-state index is -0.0179. The van der Waals surface area contributed by atoms with E-state index in [1.807, 2.05) is 38.1 Å². The molecule has 2 heterocycles. The monoisotopic (exact) mass is 339 g/mol. The van der Waals surface area contributed by atoms with Crippen LogP contribution in [0.4, 0.5) is 0 Å². The second-order valence-corrected chi connectivity index (χ2v) is 5.89. The summed E-state index contributed by atoms with van der Waals surface area (Å²) in [5, 5.41) is 9.06. The maximum Gasteiger partial charge on any atom is 0.241 e. The van der Waals surface area contributed by atoms with Crippen LogP contribution in [0, 0.1) is 6.92 Å². The zero-order valence-electron chi connectivity index (χ0n) is 14.6. The standard InChI is InChI=1S/C18H21N5O2/c1-12-4-5-16(25-3)14(10-12)18-20-7-6-15(21-18)13(2)22-23-9-8-19-17(24)11-23/h4-7,10H,8-9,11H2,1-3H3,(H,19,24)/b22-13+. The maximum atomic E-state index is 11.5. The van der Waals surface area contributed by atoms with Crippen molar-refractivity contribution in [2.75, 3.05) is 26.7 Å². The zero-order chi connectivity index (χ0) is 17.8. The minimum Gasteiger partial charge on any atom is -0.496 e. The van der Waals surface area contributed by atoms with Crippen molar-refractivity contribution in [1.29, 1.82) is 0 Å². The summed E-state index contributed by atoms with van der Waals surface area (Å²) in [6, 6.07) is 7.71. The normalized spacial score (nSPS) is 15.1. The fourth-order valence-corrected chi connectivity index (χ4v) is 2.66. The third-order valence-electron chi connectivity index (χ3n) is 3.93. The van der Waals surface area contributed by atoms with Crippen LogP contribution in [0.25, 0.3) is 11.4 Å². The van der Waals surface area contributed by atoms with Crippen molar-refractivity contribution in [2.24, 2.45) is 5.10 Å². The Hall–Kier alpha value is -2.96. The summed E-state index contributed by atoms with van der Waals surface area (Å²) in [4.78, 5) is 20.5. The number of aryl methyl sites for hydroxylation is 1. The topological polar surface area (TPSA) is 79.7 Å². The van der Waals surface area contributed by atoms with E-state index in [2.05, 4.69) is 20.4 Å². The Kier molecular flexibility index (Phi) is 4.92. The molecular weight excluding hydrogens is 318 g/mol. The van der Waals surface area contributed by atoms with Crippen molar-refractivity contribution >= 4 is 11.6 Å². The molecule has 0 unspecified atom stereocenters. The number of piperazine rings is 1. The molecule has 1 saturated heterocycles. The second kappa shape index (κ2) is 7.29. The van der Waals surface area contributed by atoms with Crippen LogP contribution in [0.2, 0.25) is 0 Å². The molecule has 0 atom stereocenters. The smallest absolute Gasteiger partial charge is 0.241 e. The minimum absolute atomic E-state index is 0.0179. The molecule has 1 fully saturated rings. The summed E-state index contributed by atoms with van der Waals surface area (Å²) in [7, 11) is 1.63. The number of amides is 1. The fourth-order valence-electron chi connectivity index (χ4n) is 2.66. The molecule has 25 heavy (non-hydrogen) atoms. The molecule has 2 aromatic rings. The highest BCUT2D eigenvalue weighted by atomic mass is 16.5. The average Bonchev–Trinajstić information content (AvgIpc) is 2.62.